The van der Waals surface area contributed by atoms with Gasteiger partial charge in [-0.3, -0.25) is 0 Å². The molecular weight excluding hydrogens is 249 g/mol. The molecule has 106 valence electrons. The van der Waals surface area contributed by atoms with Gasteiger partial charge in [0.25, 0.3) is 0 Å². The van der Waals surface area contributed by atoms with Crippen molar-refractivity contribution in [3.05, 3.63) is 58.9 Å². The molecule has 0 aliphatic heterocycles. The number of aryl methyl sites for hydroxylation is 2. The number of rotatable bonds is 4. The lowest BCUT2D eigenvalue weighted by Gasteiger charge is -2.15. The molecule has 0 saturated carbocycles. The van der Waals surface area contributed by atoms with Crippen molar-refractivity contribution in [2.45, 2.75) is 40.3 Å². The summed E-state index contributed by atoms with van der Waals surface area (Å²) in [5, 5.41) is 3.40. The number of nitrogens with one attached hydrogen (secondary N) is 1. The van der Waals surface area contributed by atoms with E-state index in [1.807, 2.05) is 6.07 Å². The summed E-state index contributed by atoms with van der Waals surface area (Å²) in [6.45, 7) is 9.11. The van der Waals surface area contributed by atoms with Crippen LogP contribution in [-0.4, -0.2) is 6.04 Å². The first-order valence-corrected chi connectivity index (χ1v) is 7.07. The molecule has 0 aliphatic rings. The summed E-state index contributed by atoms with van der Waals surface area (Å²) < 4.78 is 13.6. The topological polar surface area (TPSA) is 12.0 Å². The highest BCUT2D eigenvalue weighted by Gasteiger charge is 2.10. The monoisotopic (exact) mass is 271 g/mol. The molecule has 0 spiro atoms. The van der Waals surface area contributed by atoms with Gasteiger partial charge in [0.05, 0.1) is 0 Å². The van der Waals surface area contributed by atoms with E-state index in [0.29, 0.717) is 6.04 Å². The smallest absolute Gasteiger partial charge is 0.123 e. The first-order chi connectivity index (χ1) is 9.47. The van der Waals surface area contributed by atoms with Crippen LogP contribution >= 0.6 is 0 Å². The van der Waals surface area contributed by atoms with E-state index in [9.17, 15) is 4.39 Å². The predicted molar refractivity (Wildman–Crippen MR) is 83.3 cm³/mol. The van der Waals surface area contributed by atoms with Crippen molar-refractivity contribution in [2.75, 3.05) is 0 Å². The van der Waals surface area contributed by atoms with Gasteiger partial charge in [0.2, 0.25) is 0 Å². The lowest BCUT2D eigenvalue weighted by atomic mass is 9.94. The fourth-order valence-corrected chi connectivity index (χ4v) is 2.29. The summed E-state index contributed by atoms with van der Waals surface area (Å²) in [7, 11) is 0. The molecule has 0 bridgehead atoms. The Morgan fingerprint density at radius 2 is 1.75 bits per heavy atom. The van der Waals surface area contributed by atoms with Crippen molar-refractivity contribution >= 4 is 0 Å². The zero-order valence-electron chi connectivity index (χ0n) is 12.6. The highest BCUT2D eigenvalue weighted by Crippen LogP contribution is 2.28. The minimum atomic E-state index is -0.186. The molecule has 0 amide bonds. The molecule has 0 aromatic heterocycles. The molecule has 2 rings (SSSR count). The quantitative estimate of drug-likeness (QED) is 0.856. The van der Waals surface area contributed by atoms with Gasteiger partial charge in [-0.2, -0.15) is 0 Å². The minimum absolute atomic E-state index is 0.186. The molecule has 0 unspecified atom stereocenters. The van der Waals surface area contributed by atoms with Gasteiger partial charge in [-0.1, -0.05) is 43.7 Å². The normalized spacial score (nSPS) is 11.1. The van der Waals surface area contributed by atoms with E-state index in [4.69, 9.17) is 0 Å². The molecule has 0 fully saturated rings. The third-order valence-corrected chi connectivity index (χ3v) is 3.46. The van der Waals surface area contributed by atoms with Crippen molar-refractivity contribution in [3.8, 4) is 11.1 Å². The Labute approximate surface area is 120 Å². The Balaban J connectivity index is 2.48. The predicted octanol–water partition coefficient (Wildman–Crippen LogP) is 4.61. The fourth-order valence-electron chi connectivity index (χ4n) is 2.29. The molecule has 20 heavy (non-hydrogen) atoms. The molecule has 0 saturated heterocycles. The van der Waals surface area contributed by atoms with Gasteiger partial charge in [-0.25, -0.2) is 4.39 Å². The first kappa shape index (κ1) is 14.7. The zero-order valence-corrected chi connectivity index (χ0v) is 12.6. The van der Waals surface area contributed by atoms with Gasteiger partial charge in [-0.05, 0) is 48.2 Å². The van der Waals surface area contributed by atoms with E-state index in [-0.39, 0.29) is 5.82 Å². The Morgan fingerprint density at radius 1 is 1.00 bits per heavy atom. The Bertz CT molecular complexity index is 602. The molecule has 2 aromatic rings. The maximum atomic E-state index is 13.6. The maximum absolute atomic E-state index is 13.6. The van der Waals surface area contributed by atoms with Crippen LogP contribution in [0.4, 0.5) is 4.39 Å². The van der Waals surface area contributed by atoms with Crippen LogP contribution in [0.1, 0.15) is 30.5 Å². The standard InChI is InChI=1S/C18H22FN/c1-12(2)20-11-15-7-8-16(19)10-18(15)17-9-13(3)5-6-14(17)4/h5-10,12,20H,11H2,1-4H3. The molecule has 1 nitrogen and oxygen atoms in total. The number of halogens is 1. The zero-order chi connectivity index (χ0) is 14.7. The molecular formula is C18H22FN. The van der Waals surface area contributed by atoms with Gasteiger partial charge in [-0.15, -0.1) is 0 Å². The summed E-state index contributed by atoms with van der Waals surface area (Å²) in [5.74, 6) is -0.186. The summed E-state index contributed by atoms with van der Waals surface area (Å²) in [6, 6.07) is 11.8. The second-order valence-corrected chi connectivity index (χ2v) is 5.66. The van der Waals surface area contributed by atoms with Crippen molar-refractivity contribution in [1.29, 1.82) is 0 Å². The lowest BCUT2D eigenvalue weighted by molar-refractivity contribution is 0.587. The maximum Gasteiger partial charge on any atom is 0.123 e. The first-order valence-electron chi connectivity index (χ1n) is 7.07. The second-order valence-electron chi connectivity index (χ2n) is 5.66. The highest BCUT2D eigenvalue weighted by atomic mass is 19.1. The largest absolute Gasteiger partial charge is 0.310 e. The van der Waals surface area contributed by atoms with Gasteiger partial charge in [0.15, 0.2) is 0 Å². The summed E-state index contributed by atoms with van der Waals surface area (Å²) in [6.07, 6.45) is 0. The van der Waals surface area contributed by atoms with Crippen molar-refractivity contribution in [3.63, 3.8) is 0 Å². The van der Waals surface area contributed by atoms with Crippen molar-refractivity contribution in [2.24, 2.45) is 0 Å². The van der Waals surface area contributed by atoms with Crippen LogP contribution < -0.4 is 5.32 Å². The average Bonchev–Trinajstić information content (AvgIpc) is 2.40. The Hall–Kier alpha value is -1.67. The van der Waals surface area contributed by atoms with Crippen LogP contribution in [0.2, 0.25) is 0 Å². The summed E-state index contributed by atoms with van der Waals surface area (Å²) in [5.41, 5.74) is 5.60. The summed E-state index contributed by atoms with van der Waals surface area (Å²) in [4.78, 5) is 0. The van der Waals surface area contributed by atoms with E-state index < -0.39 is 0 Å². The highest BCUT2D eigenvalue weighted by molar-refractivity contribution is 5.71. The average molecular weight is 271 g/mol. The van der Waals surface area contributed by atoms with Gasteiger partial charge >= 0.3 is 0 Å². The molecule has 2 aromatic carbocycles. The van der Waals surface area contributed by atoms with E-state index >= 15 is 0 Å². The number of hydrogen-bond acceptors (Lipinski definition) is 1. The Kier molecular flexibility index (Phi) is 4.56. The lowest BCUT2D eigenvalue weighted by Crippen LogP contribution is -2.22. The molecule has 1 N–H and O–H groups in total. The second kappa shape index (κ2) is 6.19. The molecule has 0 heterocycles. The van der Waals surface area contributed by atoms with Gasteiger partial charge < -0.3 is 5.32 Å². The van der Waals surface area contributed by atoms with Gasteiger partial charge in [0.1, 0.15) is 5.82 Å². The van der Waals surface area contributed by atoms with Crippen molar-refractivity contribution in [1.82, 2.24) is 5.32 Å². The van der Waals surface area contributed by atoms with E-state index in [0.717, 1.165) is 23.2 Å². The van der Waals surface area contributed by atoms with Crippen LogP contribution in [0.25, 0.3) is 11.1 Å². The van der Waals surface area contributed by atoms with E-state index in [1.54, 1.807) is 6.07 Å². The minimum Gasteiger partial charge on any atom is -0.310 e. The molecule has 0 radical (unpaired) electrons. The van der Waals surface area contributed by atoms with Crippen LogP contribution in [0.3, 0.4) is 0 Å². The fraction of sp³-hybridized carbons (Fsp3) is 0.333. The van der Waals surface area contributed by atoms with Crippen LogP contribution in [-0.2, 0) is 6.54 Å². The number of benzene rings is 2. The van der Waals surface area contributed by atoms with Crippen LogP contribution in [0, 0.1) is 19.7 Å². The molecule has 0 atom stereocenters. The Morgan fingerprint density at radius 3 is 2.45 bits per heavy atom. The SMILES string of the molecule is Cc1ccc(C)c(-c2cc(F)ccc2CNC(C)C)c1. The van der Waals surface area contributed by atoms with Gasteiger partial charge in [0, 0.05) is 12.6 Å². The molecule has 0 aliphatic carbocycles. The molecule has 2 heteroatoms. The number of hydrogen-bond donors (Lipinski definition) is 1. The van der Waals surface area contributed by atoms with Crippen molar-refractivity contribution < 1.29 is 4.39 Å². The van der Waals surface area contributed by atoms with Crippen LogP contribution in [0.15, 0.2) is 36.4 Å². The summed E-state index contributed by atoms with van der Waals surface area (Å²) >= 11 is 0. The third kappa shape index (κ3) is 3.45. The van der Waals surface area contributed by atoms with Crippen LogP contribution in [0.5, 0.6) is 0 Å². The van der Waals surface area contributed by atoms with E-state index in [2.05, 4.69) is 51.2 Å². The van der Waals surface area contributed by atoms with E-state index in [1.165, 1.54) is 17.2 Å². The third-order valence-electron chi connectivity index (χ3n) is 3.46.